The van der Waals surface area contributed by atoms with Crippen molar-refractivity contribution >= 4 is 35.1 Å². The molecule has 0 aliphatic carbocycles. The molecule has 0 bridgehead atoms. The van der Waals surface area contributed by atoms with Gasteiger partial charge in [0, 0.05) is 12.6 Å². The summed E-state index contributed by atoms with van der Waals surface area (Å²) in [6, 6.07) is 2.61. The van der Waals surface area contributed by atoms with Crippen molar-refractivity contribution in [1.29, 1.82) is 0 Å². The zero-order valence-electron chi connectivity index (χ0n) is 10.1. The molecular formula is C12H12Cl2N2O3. The second-order valence-electron chi connectivity index (χ2n) is 4.44. The maximum atomic E-state index is 12.3. The predicted octanol–water partition coefficient (Wildman–Crippen LogP) is 2.32. The van der Waals surface area contributed by atoms with Gasteiger partial charge in [-0.3, -0.25) is 9.59 Å². The molecule has 7 heteroatoms. The van der Waals surface area contributed by atoms with Gasteiger partial charge in [0.05, 0.1) is 10.9 Å². The van der Waals surface area contributed by atoms with E-state index in [1.165, 1.54) is 17.0 Å². The minimum Gasteiger partial charge on any atom is -0.481 e. The Kier molecular flexibility index (Phi) is 3.96. The summed E-state index contributed by atoms with van der Waals surface area (Å²) in [7, 11) is 0. The molecule has 2 atom stereocenters. The lowest BCUT2D eigenvalue weighted by Crippen LogP contribution is -2.38. The molecule has 5 nitrogen and oxygen atoms in total. The average Bonchev–Trinajstić information content (AvgIpc) is 2.73. The van der Waals surface area contributed by atoms with Crippen LogP contribution in [0.15, 0.2) is 12.1 Å². The molecule has 1 aromatic rings. The van der Waals surface area contributed by atoms with Crippen molar-refractivity contribution in [2.24, 2.45) is 5.92 Å². The van der Waals surface area contributed by atoms with Crippen LogP contribution in [0, 0.1) is 5.92 Å². The zero-order chi connectivity index (χ0) is 14.2. The van der Waals surface area contributed by atoms with Crippen molar-refractivity contribution < 1.29 is 14.7 Å². The summed E-state index contributed by atoms with van der Waals surface area (Å²) < 4.78 is 0. The SMILES string of the molecule is CC1C(C(=O)O)CCN1C(=O)c1nc(Cl)ccc1Cl. The highest BCUT2D eigenvalue weighted by Gasteiger charge is 2.39. The molecule has 1 saturated heterocycles. The number of carbonyl (C=O) groups is 2. The molecule has 1 fully saturated rings. The maximum absolute atomic E-state index is 12.3. The van der Waals surface area contributed by atoms with Gasteiger partial charge < -0.3 is 10.0 Å². The Morgan fingerprint density at radius 1 is 1.42 bits per heavy atom. The van der Waals surface area contributed by atoms with Crippen molar-refractivity contribution in [3.8, 4) is 0 Å². The minimum absolute atomic E-state index is 0.0621. The van der Waals surface area contributed by atoms with Gasteiger partial charge in [-0.25, -0.2) is 4.98 Å². The van der Waals surface area contributed by atoms with Crippen LogP contribution in [0.4, 0.5) is 0 Å². The second kappa shape index (κ2) is 5.35. The molecule has 1 aromatic heterocycles. The fraction of sp³-hybridized carbons (Fsp3) is 0.417. The number of nitrogens with zero attached hydrogens (tertiary/aromatic N) is 2. The summed E-state index contributed by atoms with van der Waals surface area (Å²) in [5, 5.41) is 9.44. The summed E-state index contributed by atoms with van der Waals surface area (Å²) in [5.41, 5.74) is 0.0621. The third-order valence-electron chi connectivity index (χ3n) is 3.35. The lowest BCUT2D eigenvalue weighted by molar-refractivity contribution is -0.142. The largest absolute Gasteiger partial charge is 0.481 e. The molecule has 0 radical (unpaired) electrons. The Morgan fingerprint density at radius 2 is 2.11 bits per heavy atom. The van der Waals surface area contributed by atoms with E-state index in [0.29, 0.717) is 13.0 Å². The Bertz CT molecular complexity index is 536. The average molecular weight is 303 g/mol. The smallest absolute Gasteiger partial charge is 0.308 e. The number of hydrogen-bond acceptors (Lipinski definition) is 3. The van der Waals surface area contributed by atoms with E-state index in [1.54, 1.807) is 6.92 Å². The molecule has 1 aliphatic rings. The summed E-state index contributed by atoms with van der Waals surface area (Å²) in [5.74, 6) is -1.83. The Labute approximate surface area is 120 Å². The first-order valence-electron chi connectivity index (χ1n) is 5.77. The quantitative estimate of drug-likeness (QED) is 0.851. The van der Waals surface area contributed by atoms with Crippen LogP contribution in [-0.2, 0) is 4.79 Å². The first kappa shape index (κ1) is 14.1. The van der Waals surface area contributed by atoms with E-state index in [2.05, 4.69) is 4.98 Å². The monoisotopic (exact) mass is 302 g/mol. The number of hydrogen-bond donors (Lipinski definition) is 1. The topological polar surface area (TPSA) is 70.5 Å². The Balaban J connectivity index is 2.26. The number of aliphatic carboxylic acids is 1. The molecule has 0 saturated carbocycles. The number of carboxylic acid groups (broad SMARTS) is 1. The van der Waals surface area contributed by atoms with Gasteiger partial charge >= 0.3 is 5.97 Å². The Morgan fingerprint density at radius 3 is 2.68 bits per heavy atom. The maximum Gasteiger partial charge on any atom is 0.308 e. The number of pyridine rings is 1. The van der Waals surface area contributed by atoms with Crippen LogP contribution in [0.5, 0.6) is 0 Å². The van der Waals surface area contributed by atoms with Crippen LogP contribution in [-0.4, -0.2) is 39.5 Å². The van der Waals surface area contributed by atoms with E-state index in [9.17, 15) is 9.59 Å². The highest BCUT2D eigenvalue weighted by Crippen LogP contribution is 2.27. The van der Waals surface area contributed by atoms with Gasteiger partial charge in [-0.15, -0.1) is 0 Å². The van der Waals surface area contributed by atoms with Gasteiger partial charge in [0.2, 0.25) is 0 Å². The van der Waals surface area contributed by atoms with Crippen molar-refractivity contribution in [2.45, 2.75) is 19.4 Å². The van der Waals surface area contributed by atoms with Gasteiger partial charge in [0.25, 0.3) is 5.91 Å². The predicted molar refractivity (Wildman–Crippen MR) is 70.5 cm³/mol. The number of halogens is 2. The Hall–Kier alpha value is -1.33. The molecule has 0 spiro atoms. The molecule has 1 amide bonds. The number of aromatic nitrogens is 1. The third-order valence-corrected chi connectivity index (χ3v) is 3.86. The van der Waals surface area contributed by atoms with Gasteiger partial charge in [0.1, 0.15) is 10.8 Å². The molecule has 0 aromatic carbocycles. The van der Waals surface area contributed by atoms with Crippen LogP contribution >= 0.6 is 23.2 Å². The van der Waals surface area contributed by atoms with E-state index in [1.807, 2.05) is 0 Å². The number of carbonyl (C=O) groups excluding carboxylic acids is 1. The molecule has 2 heterocycles. The van der Waals surface area contributed by atoms with Crippen molar-refractivity contribution in [3.63, 3.8) is 0 Å². The third kappa shape index (κ3) is 2.67. The molecule has 2 rings (SSSR count). The molecule has 2 unspecified atom stereocenters. The summed E-state index contributed by atoms with van der Waals surface area (Å²) >= 11 is 11.7. The summed E-state index contributed by atoms with van der Waals surface area (Å²) in [4.78, 5) is 28.8. The van der Waals surface area contributed by atoms with Gasteiger partial charge in [-0.2, -0.15) is 0 Å². The fourth-order valence-electron chi connectivity index (χ4n) is 2.26. The fourth-order valence-corrected chi connectivity index (χ4v) is 2.59. The number of amides is 1. The van der Waals surface area contributed by atoms with E-state index >= 15 is 0 Å². The van der Waals surface area contributed by atoms with Crippen molar-refractivity contribution in [3.05, 3.63) is 28.0 Å². The second-order valence-corrected chi connectivity index (χ2v) is 5.23. The normalized spacial score (nSPS) is 22.6. The zero-order valence-corrected chi connectivity index (χ0v) is 11.6. The van der Waals surface area contributed by atoms with Gasteiger partial charge in [-0.1, -0.05) is 23.2 Å². The first-order chi connectivity index (χ1) is 8.91. The molecule has 102 valence electrons. The van der Waals surface area contributed by atoms with Gasteiger partial charge in [0.15, 0.2) is 0 Å². The first-order valence-corrected chi connectivity index (χ1v) is 6.53. The van der Waals surface area contributed by atoms with Crippen LogP contribution in [0.25, 0.3) is 0 Å². The van der Waals surface area contributed by atoms with E-state index < -0.39 is 11.9 Å². The number of carboxylic acids is 1. The van der Waals surface area contributed by atoms with Crippen LogP contribution in [0.1, 0.15) is 23.8 Å². The summed E-state index contributed by atoms with van der Waals surface area (Å²) in [6.45, 7) is 2.09. The van der Waals surface area contributed by atoms with Crippen molar-refractivity contribution in [1.82, 2.24) is 9.88 Å². The standard InChI is InChI=1S/C12H12Cl2N2O3/c1-6-7(12(18)19)4-5-16(6)11(17)10-8(13)2-3-9(14)15-10/h2-3,6-7H,4-5H2,1H3,(H,18,19). The molecule has 19 heavy (non-hydrogen) atoms. The summed E-state index contributed by atoms with van der Waals surface area (Å²) in [6.07, 6.45) is 0.431. The van der Waals surface area contributed by atoms with E-state index in [-0.39, 0.29) is 27.8 Å². The molecular weight excluding hydrogens is 291 g/mol. The lowest BCUT2D eigenvalue weighted by Gasteiger charge is -2.23. The van der Waals surface area contributed by atoms with E-state index in [4.69, 9.17) is 28.3 Å². The number of likely N-dealkylation sites (tertiary alicyclic amines) is 1. The minimum atomic E-state index is -0.895. The van der Waals surface area contributed by atoms with Crippen LogP contribution < -0.4 is 0 Å². The molecule has 1 aliphatic heterocycles. The highest BCUT2D eigenvalue weighted by molar-refractivity contribution is 6.34. The van der Waals surface area contributed by atoms with Crippen LogP contribution in [0.3, 0.4) is 0 Å². The lowest BCUT2D eigenvalue weighted by atomic mass is 10.0. The molecule has 1 N–H and O–H groups in total. The van der Waals surface area contributed by atoms with E-state index in [0.717, 1.165) is 0 Å². The number of rotatable bonds is 2. The van der Waals surface area contributed by atoms with Crippen LogP contribution in [0.2, 0.25) is 10.2 Å². The highest BCUT2D eigenvalue weighted by atomic mass is 35.5. The van der Waals surface area contributed by atoms with Crippen molar-refractivity contribution in [2.75, 3.05) is 6.54 Å². The van der Waals surface area contributed by atoms with Gasteiger partial charge in [-0.05, 0) is 25.5 Å².